The Morgan fingerprint density at radius 3 is 2.33 bits per heavy atom. The maximum atomic E-state index is 12.3. The molecule has 3 aromatic rings. The van der Waals surface area contributed by atoms with Crippen LogP contribution in [0.4, 0.5) is 17.1 Å². The van der Waals surface area contributed by atoms with Crippen molar-refractivity contribution in [3.63, 3.8) is 0 Å². The number of carbonyl (C=O) groups is 1. The number of aromatic nitrogens is 1. The van der Waals surface area contributed by atoms with Gasteiger partial charge in [0.05, 0.1) is 22.6 Å². The Morgan fingerprint density at radius 2 is 1.67 bits per heavy atom. The number of benzene rings is 2. The first-order valence-corrected chi connectivity index (χ1v) is 7.83. The lowest BCUT2D eigenvalue weighted by molar-refractivity contribution is 0.102. The lowest BCUT2D eigenvalue weighted by Gasteiger charge is -2.19. The van der Waals surface area contributed by atoms with Gasteiger partial charge in [0, 0.05) is 12.7 Å². The summed E-state index contributed by atoms with van der Waals surface area (Å²) in [7, 11) is 1.95. The molecule has 0 bridgehead atoms. The van der Waals surface area contributed by atoms with Gasteiger partial charge in [0.15, 0.2) is 0 Å². The molecule has 0 aliphatic carbocycles. The summed E-state index contributed by atoms with van der Waals surface area (Å²) in [6, 6.07) is 20.6. The predicted octanol–water partition coefficient (Wildman–Crippen LogP) is 4.76. The topological polar surface area (TPSA) is 45.2 Å². The molecule has 0 aliphatic heterocycles. The van der Waals surface area contributed by atoms with Gasteiger partial charge in [0.2, 0.25) is 0 Å². The van der Waals surface area contributed by atoms with Crippen LogP contribution >= 0.6 is 11.6 Å². The Kier molecular flexibility index (Phi) is 4.77. The lowest BCUT2D eigenvalue weighted by Crippen LogP contribution is -2.15. The number of halogens is 1. The van der Waals surface area contributed by atoms with E-state index in [2.05, 4.69) is 10.3 Å². The van der Waals surface area contributed by atoms with Crippen LogP contribution in [-0.2, 0) is 0 Å². The summed E-state index contributed by atoms with van der Waals surface area (Å²) in [4.78, 5) is 18.5. The van der Waals surface area contributed by atoms with Crippen LogP contribution in [0.2, 0.25) is 5.02 Å². The maximum Gasteiger partial charge on any atom is 0.274 e. The zero-order chi connectivity index (χ0) is 16.9. The maximum absolute atomic E-state index is 12.3. The highest BCUT2D eigenvalue weighted by Crippen LogP contribution is 2.23. The second-order valence-corrected chi connectivity index (χ2v) is 5.64. The fraction of sp³-hybridized carbons (Fsp3) is 0.0526. The van der Waals surface area contributed by atoms with Crippen LogP contribution in [-0.4, -0.2) is 17.9 Å². The summed E-state index contributed by atoms with van der Waals surface area (Å²) in [6.07, 6.45) is 1.68. The predicted molar refractivity (Wildman–Crippen MR) is 98.1 cm³/mol. The molecule has 2 aromatic carbocycles. The number of carbonyl (C=O) groups excluding carboxylic acids is 1. The first-order valence-electron chi connectivity index (χ1n) is 7.46. The van der Waals surface area contributed by atoms with Crippen LogP contribution in [0.25, 0.3) is 0 Å². The second-order valence-electron chi connectivity index (χ2n) is 5.23. The third kappa shape index (κ3) is 3.55. The Bertz CT molecular complexity index is 835. The van der Waals surface area contributed by atoms with Crippen molar-refractivity contribution in [1.82, 2.24) is 4.98 Å². The van der Waals surface area contributed by atoms with E-state index in [4.69, 9.17) is 11.6 Å². The van der Waals surface area contributed by atoms with Gasteiger partial charge in [-0.2, -0.15) is 0 Å². The summed E-state index contributed by atoms with van der Waals surface area (Å²) in [5.41, 5.74) is 2.85. The molecule has 1 N–H and O–H groups in total. The van der Waals surface area contributed by atoms with Crippen molar-refractivity contribution in [3.05, 3.63) is 83.6 Å². The quantitative estimate of drug-likeness (QED) is 0.746. The van der Waals surface area contributed by atoms with Gasteiger partial charge in [-0.05, 0) is 36.4 Å². The minimum absolute atomic E-state index is 0.294. The van der Waals surface area contributed by atoms with Gasteiger partial charge in [0.1, 0.15) is 5.69 Å². The standard InChI is InChI=1S/C19H16ClN3O/c1-23(14-7-3-2-4-8-14)15-11-12-18(21-13-15)19(24)22-17-10-6-5-9-16(17)20/h2-13H,1H3,(H,22,24). The number of amides is 1. The summed E-state index contributed by atoms with van der Waals surface area (Å²) in [5.74, 6) is -0.294. The molecule has 0 unspecified atom stereocenters. The molecule has 3 rings (SSSR count). The van der Waals surface area contributed by atoms with Crippen molar-refractivity contribution >= 4 is 34.6 Å². The monoisotopic (exact) mass is 337 g/mol. The van der Waals surface area contributed by atoms with E-state index in [1.165, 1.54) is 0 Å². The molecule has 0 aliphatic rings. The molecule has 0 atom stereocenters. The number of hydrogen-bond acceptors (Lipinski definition) is 3. The molecule has 1 aromatic heterocycles. The van der Waals surface area contributed by atoms with Crippen molar-refractivity contribution in [2.24, 2.45) is 0 Å². The average Bonchev–Trinajstić information content (AvgIpc) is 2.64. The number of rotatable bonds is 4. The van der Waals surface area contributed by atoms with Gasteiger partial charge >= 0.3 is 0 Å². The van der Waals surface area contributed by atoms with Crippen LogP contribution in [0.1, 0.15) is 10.5 Å². The third-order valence-electron chi connectivity index (χ3n) is 3.63. The highest BCUT2D eigenvalue weighted by molar-refractivity contribution is 6.33. The first-order chi connectivity index (χ1) is 11.6. The van der Waals surface area contributed by atoms with Crippen LogP contribution in [0.15, 0.2) is 72.9 Å². The summed E-state index contributed by atoms with van der Waals surface area (Å²) < 4.78 is 0. The van der Waals surface area contributed by atoms with E-state index in [0.717, 1.165) is 11.4 Å². The van der Waals surface area contributed by atoms with Crippen molar-refractivity contribution in [2.45, 2.75) is 0 Å². The molecule has 1 heterocycles. The summed E-state index contributed by atoms with van der Waals surface area (Å²) in [5, 5.41) is 3.25. The Hall–Kier alpha value is -2.85. The van der Waals surface area contributed by atoms with Crippen molar-refractivity contribution in [1.29, 1.82) is 0 Å². The van der Waals surface area contributed by atoms with Crippen molar-refractivity contribution < 1.29 is 4.79 Å². The normalized spacial score (nSPS) is 10.2. The minimum atomic E-state index is -0.294. The number of nitrogens with one attached hydrogen (secondary N) is 1. The van der Waals surface area contributed by atoms with Gasteiger partial charge < -0.3 is 10.2 Å². The zero-order valence-corrected chi connectivity index (χ0v) is 13.9. The summed E-state index contributed by atoms with van der Waals surface area (Å²) in [6.45, 7) is 0. The molecule has 0 radical (unpaired) electrons. The van der Waals surface area contributed by atoms with E-state index >= 15 is 0 Å². The molecule has 0 saturated heterocycles. The van der Waals surface area contributed by atoms with E-state index in [0.29, 0.717) is 16.4 Å². The van der Waals surface area contributed by atoms with E-state index in [1.54, 1.807) is 24.4 Å². The molecular formula is C19H16ClN3O. The smallest absolute Gasteiger partial charge is 0.274 e. The average molecular weight is 338 g/mol. The second kappa shape index (κ2) is 7.15. The van der Waals surface area contributed by atoms with Gasteiger partial charge in [-0.1, -0.05) is 41.9 Å². The number of pyridine rings is 1. The highest BCUT2D eigenvalue weighted by atomic mass is 35.5. The van der Waals surface area contributed by atoms with Crippen LogP contribution in [0.3, 0.4) is 0 Å². The van der Waals surface area contributed by atoms with E-state index < -0.39 is 0 Å². The van der Waals surface area contributed by atoms with Gasteiger partial charge in [-0.15, -0.1) is 0 Å². The molecule has 1 amide bonds. The Balaban J connectivity index is 1.75. The molecule has 24 heavy (non-hydrogen) atoms. The molecule has 120 valence electrons. The molecule has 0 saturated carbocycles. The zero-order valence-electron chi connectivity index (χ0n) is 13.1. The fourth-order valence-electron chi connectivity index (χ4n) is 2.27. The van der Waals surface area contributed by atoms with Gasteiger partial charge in [-0.3, -0.25) is 4.79 Å². The van der Waals surface area contributed by atoms with Crippen LogP contribution in [0.5, 0.6) is 0 Å². The lowest BCUT2D eigenvalue weighted by atomic mass is 10.2. The van der Waals surface area contributed by atoms with E-state index in [9.17, 15) is 4.79 Å². The fourth-order valence-corrected chi connectivity index (χ4v) is 2.45. The molecule has 0 spiro atoms. The SMILES string of the molecule is CN(c1ccccc1)c1ccc(C(=O)Nc2ccccc2Cl)nc1. The molecule has 5 heteroatoms. The number of nitrogens with zero attached hydrogens (tertiary/aromatic N) is 2. The largest absolute Gasteiger partial charge is 0.343 e. The first kappa shape index (κ1) is 16.0. The van der Waals surface area contributed by atoms with Gasteiger partial charge in [-0.25, -0.2) is 4.98 Å². The van der Waals surface area contributed by atoms with Crippen molar-refractivity contribution in [3.8, 4) is 0 Å². The van der Waals surface area contributed by atoms with Crippen LogP contribution < -0.4 is 10.2 Å². The van der Waals surface area contributed by atoms with E-state index in [1.807, 2.05) is 60.5 Å². The van der Waals surface area contributed by atoms with E-state index in [-0.39, 0.29) is 5.91 Å². The number of anilines is 3. The Morgan fingerprint density at radius 1 is 0.958 bits per heavy atom. The summed E-state index contributed by atoms with van der Waals surface area (Å²) >= 11 is 6.05. The highest BCUT2D eigenvalue weighted by Gasteiger charge is 2.11. The Labute approximate surface area is 145 Å². The third-order valence-corrected chi connectivity index (χ3v) is 3.96. The van der Waals surface area contributed by atoms with Gasteiger partial charge in [0.25, 0.3) is 5.91 Å². The minimum Gasteiger partial charge on any atom is -0.343 e. The molecular weight excluding hydrogens is 322 g/mol. The van der Waals surface area contributed by atoms with Crippen molar-refractivity contribution in [2.75, 3.05) is 17.3 Å². The number of hydrogen-bond donors (Lipinski definition) is 1. The molecule has 0 fully saturated rings. The number of para-hydroxylation sites is 2. The molecule has 4 nitrogen and oxygen atoms in total. The van der Waals surface area contributed by atoms with Crippen LogP contribution in [0, 0.1) is 0 Å².